The van der Waals surface area contributed by atoms with Crippen LogP contribution in [-0.2, 0) is 16.0 Å². The monoisotopic (exact) mass is 370 g/mol. The molecule has 0 spiro atoms. The number of carbonyl (C=O) groups excluding carboxylic acids is 1. The Morgan fingerprint density at radius 1 is 1.26 bits per heavy atom. The van der Waals surface area contributed by atoms with Crippen LogP contribution >= 0.6 is 0 Å². The number of ether oxygens (including phenoxy) is 1. The molecule has 5 atom stereocenters. The van der Waals surface area contributed by atoms with Gasteiger partial charge in [0.25, 0.3) is 0 Å². The van der Waals surface area contributed by atoms with Gasteiger partial charge in [0, 0.05) is 11.8 Å². The molecule has 1 N–H and O–H groups in total. The zero-order valence-corrected chi connectivity index (χ0v) is 17.1. The van der Waals surface area contributed by atoms with E-state index in [4.69, 9.17) is 4.74 Å². The molecule has 0 radical (unpaired) electrons. The molecule has 3 aliphatic carbocycles. The summed E-state index contributed by atoms with van der Waals surface area (Å²) in [5.74, 6) is 2.40. The molecule has 0 bridgehead atoms. The van der Waals surface area contributed by atoms with Gasteiger partial charge in [-0.15, -0.1) is 0 Å². The molecule has 2 fully saturated rings. The Bertz CT molecular complexity index is 725. The van der Waals surface area contributed by atoms with E-state index in [1.54, 1.807) is 0 Å². The van der Waals surface area contributed by atoms with Crippen molar-refractivity contribution in [2.24, 2.45) is 17.3 Å². The number of unbranched alkanes of at least 4 members (excludes halogenated alkanes) is 1. The van der Waals surface area contributed by atoms with Crippen molar-refractivity contribution in [1.82, 2.24) is 0 Å². The molecule has 1 aromatic carbocycles. The number of phenolic OH excluding ortho intramolecular Hbond substituents is 1. The topological polar surface area (TPSA) is 46.5 Å². The van der Waals surface area contributed by atoms with E-state index in [-0.39, 0.29) is 17.5 Å². The van der Waals surface area contributed by atoms with Crippen molar-refractivity contribution in [3.63, 3.8) is 0 Å². The maximum atomic E-state index is 12.2. The van der Waals surface area contributed by atoms with Gasteiger partial charge in [0.15, 0.2) is 0 Å². The second-order valence-electron chi connectivity index (χ2n) is 9.40. The lowest BCUT2D eigenvalue weighted by Gasteiger charge is -2.50. The van der Waals surface area contributed by atoms with Crippen molar-refractivity contribution in [2.45, 2.75) is 90.6 Å². The van der Waals surface area contributed by atoms with Gasteiger partial charge < -0.3 is 9.84 Å². The predicted molar refractivity (Wildman–Crippen MR) is 107 cm³/mol. The van der Waals surface area contributed by atoms with Crippen LogP contribution in [0.3, 0.4) is 0 Å². The zero-order valence-electron chi connectivity index (χ0n) is 17.1. The highest BCUT2D eigenvalue weighted by Crippen LogP contribution is 2.61. The number of rotatable bonds is 4. The van der Waals surface area contributed by atoms with E-state index < -0.39 is 0 Å². The summed E-state index contributed by atoms with van der Waals surface area (Å²) in [4.78, 5) is 12.2. The minimum Gasteiger partial charge on any atom is -0.508 e. The highest BCUT2D eigenvalue weighted by atomic mass is 16.5. The fourth-order valence-corrected chi connectivity index (χ4v) is 6.52. The van der Waals surface area contributed by atoms with Crippen molar-refractivity contribution in [2.75, 3.05) is 0 Å². The Balaban J connectivity index is 1.54. The number of hydrogen-bond acceptors (Lipinski definition) is 3. The fourth-order valence-electron chi connectivity index (χ4n) is 6.52. The molecule has 0 aromatic heterocycles. The average molecular weight is 371 g/mol. The van der Waals surface area contributed by atoms with Crippen LogP contribution in [0.25, 0.3) is 0 Å². The van der Waals surface area contributed by atoms with E-state index >= 15 is 0 Å². The third-order valence-corrected chi connectivity index (χ3v) is 8.09. The summed E-state index contributed by atoms with van der Waals surface area (Å²) in [5, 5.41) is 10.1. The van der Waals surface area contributed by atoms with Gasteiger partial charge in [-0.1, -0.05) is 26.3 Å². The van der Waals surface area contributed by atoms with E-state index in [9.17, 15) is 9.90 Å². The van der Waals surface area contributed by atoms with Gasteiger partial charge in [-0.05, 0) is 92.4 Å². The summed E-state index contributed by atoms with van der Waals surface area (Å²) >= 11 is 0. The highest BCUT2D eigenvalue weighted by molar-refractivity contribution is 5.69. The lowest BCUT2D eigenvalue weighted by molar-refractivity contribution is -0.157. The molecular formula is C24H34O3. The fraction of sp³-hybridized carbons (Fsp3) is 0.708. The molecule has 0 aliphatic heterocycles. The molecule has 1 aromatic rings. The lowest BCUT2D eigenvalue weighted by Crippen LogP contribution is -2.45. The van der Waals surface area contributed by atoms with Gasteiger partial charge in [0.05, 0.1) is 0 Å². The molecule has 148 valence electrons. The Hall–Kier alpha value is -1.51. The second-order valence-corrected chi connectivity index (χ2v) is 9.40. The number of esters is 1. The van der Waals surface area contributed by atoms with Gasteiger partial charge >= 0.3 is 5.97 Å². The van der Waals surface area contributed by atoms with Gasteiger partial charge in [-0.25, -0.2) is 0 Å². The first-order valence-electron chi connectivity index (χ1n) is 11.0. The normalized spacial score (nSPS) is 34.5. The van der Waals surface area contributed by atoms with Crippen LogP contribution in [0.1, 0.15) is 87.8 Å². The molecule has 0 amide bonds. The molecule has 4 rings (SSSR count). The number of aromatic hydroxyl groups is 1. The van der Waals surface area contributed by atoms with E-state index in [2.05, 4.69) is 26.8 Å². The summed E-state index contributed by atoms with van der Waals surface area (Å²) in [6.45, 7) is 6.56. The summed E-state index contributed by atoms with van der Waals surface area (Å²) in [5.41, 5.74) is 4.09. The van der Waals surface area contributed by atoms with Crippen LogP contribution in [0, 0.1) is 24.2 Å². The molecule has 2 saturated carbocycles. The maximum absolute atomic E-state index is 12.2. The average Bonchev–Trinajstić information content (AvgIpc) is 2.99. The van der Waals surface area contributed by atoms with Gasteiger partial charge in [0.1, 0.15) is 11.9 Å². The molecule has 27 heavy (non-hydrogen) atoms. The summed E-state index contributed by atoms with van der Waals surface area (Å²) < 4.78 is 6.00. The minimum atomic E-state index is 0.00550. The Labute approximate surface area is 163 Å². The Morgan fingerprint density at radius 2 is 2.07 bits per heavy atom. The highest BCUT2D eigenvalue weighted by Gasteiger charge is 2.56. The van der Waals surface area contributed by atoms with Gasteiger partial charge in [0.2, 0.25) is 0 Å². The summed E-state index contributed by atoms with van der Waals surface area (Å²) in [6, 6.07) is 4.06. The van der Waals surface area contributed by atoms with Crippen LogP contribution < -0.4 is 0 Å². The largest absolute Gasteiger partial charge is 0.508 e. The molecule has 3 nitrogen and oxygen atoms in total. The Morgan fingerprint density at radius 3 is 2.85 bits per heavy atom. The van der Waals surface area contributed by atoms with E-state index in [0.29, 0.717) is 29.9 Å². The molecular weight excluding hydrogens is 336 g/mol. The smallest absolute Gasteiger partial charge is 0.306 e. The number of fused-ring (bicyclic) bond motifs is 5. The first kappa shape index (κ1) is 18.8. The predicted octanol–water partition coefficient (Wildman–Crippen LogP) is 5.66. The number of phenols is 1. The maximum Gasteiger partial charge on any atom is 0.306 e. The summed E-state index contributed by atoms with van der Waals surface area (Å²) in [7, 11) is 0. The van der Waals surface area contributed by atoms with E-state index in [0.717, 1.165) is 37.7 Å². The van der Waals surface area contributed by atoms with Crippen LogP contribution in [0.4, 0.5) is 0 Å². The molecule has 0 heterocycles. The molecule has 3 heteroatoms. The molecule has 0 saturated heterocycles. The minimum absolute atomic E-state index is 0.00550. The summed E-state index contributed by atoms with van der Waals surface area (Å²) in [6.07, 6.45) is 9.47. The molecule has 3 aliphatic rings. The SMILES string of the molecule is CCCCC(=O)O[C@H]1CC[C@H]2[C@@H]3CCc4c(ccc(O)c4C)[C@H]3CC[C@]12C. The van der Waals surface area contributed by atoms with Gasteiger partial charge in [-0.3, -0.25) is 4.79 Å². The van der Waals surface area contributed by atoms with Crippen molar-refractivity contribution in [3.05, 3.63) is 28.8 Å². The third-order valence-electron chi connectivity index (χ3n) is 8.09. The number of carbonyl (C=O) groups is 1. The third kappa shape index (κ3) is 3.07. The zero-order chi connectivity index (χ0) is 19.2. The first-order valence-corrected chi connectivity index (χ1v) is 11.0. The van der Waals surface area contributed by atoms with Crippen LogP contribution in [0.2, 0.25) is 0 Å². The van der Waals surface area contributed by atoms with Crippen LogP contribution in [-0.4, -0.2) is 17.2 Å². The first-order chi connectivity index (χ1) is 13.0. The van der Waals surface area contributed by atoms with Gasteiger partial charge in [-0.2, -0.15) is 0 Å². The number of hydrogen-bond donors (Lipinski definition) is 1. The van der Waals surface area contributed by atoms with E-state index in [1.807, 2.05) is 6.07 Å². The molecule has 0 unspecified atom stereocenters. The quantitative estimate of drug-likeness (QED) is 0.696. The Kier molecular flexibility index (Phi) is 4.98. The van der Waals surface area contributed by atoms with Crippen molar-refractivity contribution >= 4 is 5.97 Å². The van der Waals surface area contributed by atoms with E-state index in [1.165, 1.54) is 30.4 Å². The lowest BCUT2D eigenvalue weighted by atomic mass is 9.55. The van der Waals surface area contributed by atoms with Crippen LogP contribution in [0.15, 0.2) is 12.1 Å². The number of benzene rings is 1. The second kappa shape index (κ2) is 7.14. The standard InChI is InChI=1S/C24H34O3/c1-4-5-6-23(26)27-22-12-10-20-19-8-7-16-15(2)21(25)11-9-17(16)18(19)13-14-24(20,22)3/h9,11,18-20,22,25H,4-8,10,12-14H2,1-3H3/t18-,19-,20+,22+,24+/m1/s1. The van der Waals surface area contributed by atoms with Crippen molar-refractivity contribution in [1.29, 1.82) is 0 Å². The van der Waals surface area contributed by atoms with Crippen molar-refractivity contribution in [3.8, 4) is 5.75 Å². The van der Waals surface area contributed by atoms with Crippen molar-refractivity contribution < 1.29 is 14.6 Å². The van der Waals surface area contributed by atoms with Crippen LogP contribution in [0.5, 0.6) is 5.75 Å².